The third-order valence-electron chi connectivity index (χ3n) is 4.50. The summed E-state index contributed by atoms with van der Waals surface area (Å²) in [4.78, 5) is 26.2. The molecule has 1 N–H and O–H groups in total. The van der Waals surface area contributed by atoms with Gasteiger partial charge in [0.25, 0.3) is 11.6 Å². The van der Waals surface area contributed by atoms with E-state index < -0.39 is 10.8 Å². The van der Waals surface area contributed by atoms with Crippen molar-refractivity contribution in [1.29, 1.82) is 0 Å². The van der Waals surface area contributed by atoms with Gasteiger partial charge in [0.1, 0.15) is 5.56 Å². The lowest BCUT2D eigenvalue weighted by atomic mass is 10.0. The lowest BCUT2D eigenvalue weighted by molar-refractivity contribution is -0.385. The van der Waals surface area contributed by atoms with Crippen molar-refractivity contribution in [3.8, 4) is 0 Å². The van der Waals surface area contributed by atoms with Gasteiger partial charge in [-0.1, -0.05) is 31.2 Å². The Morgan fingerprint density at radius 3 is 2.41 bits per heavy atom. The standard InChI is InChI=1S/C20H25N3O3S/c1-5-14-6-8-15(9-7-14)19(22(2)3)13-21-20(24)17-12-16(27-4)10-11-18(17)23(25)26/h6-12,19H,5,13H2,1-4H3,(H,21,24). The predicted molar refractivity (Wildman–Crippen MR) is 109 cm³/mol. The largest absolute Gasteiger partial charge is 0.350 e. The molecule has 6 nitrogen and oxygen atoms in total. The van der Waals surface area contributed by atoms with Crippen molar-refractivity contribution >= 4 is 23.4 Å². The van der Waals surface area contributed by atoms with E-state index in [2.05, 4.69) is 36.5 Å². The number of thioether (sulfide) groups is 1. The molecular formula is C20H25N3O3S. The molecule has 1 atom stereocenters. The van der Waals surface area contributed by atoms with E-state index in [0.29, 0.717) is 6.54 Å². The topological polar surface area (TPSA) is 75.5 Å². The first-order valence-electron chi connectivity index (χ1n) is 8.73. The summed E-state index contributed by atoms with van der Waals surface area (Å²) in [6.07, 6.45) is 2.84. The van der Waals surface area contributed by atoms with E-state index in [4.69, 9.17) is 0 Å². The normalized spacial score (nSPS) is 12.0. The molecule has 0 radical (unpaired) electrons. The van der Waals surface area contributed by atoms with Crippen molar-refractivity contribution in [2.24, 2.45) is 0 Å². The monoisotopic (exact) mass is 387 g/mol. The molecule has 0 heterocycles. The highest BCUT2D eigenvalue weighted by atomic mass is 32.2. The molecule has 0 saturated heterocycles. The summed E-state index contributed by atoms with van der Waals surface area (Å²) in [6.45, 7) is 2.46. The quantitative estimate of drug-likeness (QED) is 0.422. The van der Waals surface area contributed by atoms with Crippen LogP contribution in [0.2, 0.25) is 0 Å². The number of nitrogens with zero attached hydrogens (tertiary/aromatic N) is 2. The van der Waals surface area contributed by atoms with Crippen LogP contribution in [-0.2, 0) is 6.42 Å². The number of carbonyl (C=O) groups is 1. The minimum Gasteiger partial charge on any atom is -0.350 e. The van der Waals surface area contributed by atoms with Crippen LogP contribution in [0.15, 0.2) is 47.4 Å². The zero-order chi connectivity index (χ0) is 20.0. The second-order valence-electron chi connectivity index (χ2n) is 6.42. The number of likely N-dealkylation sites (N-methyl/N-ethyl adjacent to an activating group) is 1. The zero-order valence-electron chi connectivity index (χ0n) is 16.1. The van der Waals surface area contributed by atoms with Crippen LogP contribution >= 0.6 is 11.8 Å². The lowest BCUT2D eigenvalue weighted by Crippen LogP contribution is -2.34. The van der Waals surface area contributed by atoms with Gasteiger partial charge >= 0.3 is 0 Å². The van der Waals surface area contributed by atoms with Crippen LogP contribution in [0.3, 0.4) is 0 Å². The number of nitro benzene ring substituents is 1. The molecule has 144 valence electrons. The van der Waals surface area contributed by atoms with E-state index in [-0.39, 0.29) is 17.3 Å². The van der Waals surface area contributed by atoms with Crippen LogP contribution in [0.1, 0.15) is 34.5 Å². The van der Waals surface area contributed by atoms with Gasteiger partial charge in [-0.2, -0.15) is 0 Å². The van der Waals surface area contributed by atoms with Crippen LogP contribution in [0, 0.1) is 10.1 Å². The Labute approximate surface area is 164 Å². The van der Waals surface area contributed by atoms with Gasteiger partial charge in [0.15, 0.2) is 0 Å². The molecule has 2 rings (SSSR count). The minimum atomic E-state index is -0.522. The van der Waals surface area contributed by atoms with Crippen LogP contribution in [0.25, 0.3) is 0 Å². The van der Waals surface area contributed by atoms with Gasteiger partial charge in [0.2, 0.25) is 0 Å². The van der Waals surface area contributed by atoms with Crippen LogP contribution in [0.5, 0.6) is 0 Å². The fourth-order valence-electron chi connectivity index (χ4n) is 2.84. The number of hydrogen-bond acceptors (Lipinski definition) is 5. The minimum absolute atomic E-state index is 0.0253. The molecule has 0 aromatic heterocycles. The van der Waals surface area contributed by atoms with Crippen molar-refractivity contribution in [2.45, 2.75) is 24.3 Å². The molecule has 0 aliphatic carbocycles. The fourth-order valence-corrected chi connectivity index (χ4v) is 3.28. The molecule has 0 bridgehead atoms. The number of carbonyl (C=O) groups excluding carboxylic acids is 1. The van der Waals surface area contributed by atoms with Gasteiger partial charge in [-0.15, -0.1) is 11.8 Å². The molecular weight excluding hydrogens is 362 g/mol. The number of amides is 1. The maximum atomic E-state index is 12.7. The van der Waals surface area contributed by atoms with Crippen LogP contribution in [-0.4, -0.2) is 42.6 Å². The molecule has 1 amide bonds. The number of aryl methyl sites for hydroxylation is 1. The summed E-state index contributed by atoms with van der Waals surface area (Å²) >= 11 is 1.44. The van der Waals surface area contributed by atoms with Gasteiger partial charge in [0, 0.05) is 17.5 Å². The van der Waals surface area contributed by atoms with Crippen molar-refractivity contribution in [3.63, 3.8) is 0 Å². The van der Waals surface area contributed by atoms with E-state index in [1.54, 1.807) is 12.1 Å². The van der Waals surface area contributed by atoms with Gasteiger partial charge in [0.05, 0.1) is 11.0 Å². The lowest BCUT2D eigenvalue weighted by Gasteiger charge is -2.25. The summed E-state index contributed by atoms with van der Waals surface area (Å²) in [5.74, 6) is -0.436. The molecule has 27 heavy (non-hydrogen) atoms. The van der Waals surface area contributed by atoms with Gasteiger partial charge < -0.3 is 10.2 Å². The Hall–Kier alpha value is -2.38. The molecule has 0 aliphatic heterocycles. The second kappa shape index (κ2) is 9.53. The number of benzene rings is 2. The van der Waals surface area contributed by atoms with E-state index in [1.165, 1.54) is 23.4 Å². The maximum Gasteiger partial charge on any atom is 0.282 e. The molecule has 1 unspecified atom stereocenters. The second-order valence-corrected chi connectivity index (χ2v) is 7.30. The highest BCUT2D eigenvalue weighted by Gasteiger charge is 2.22. The SMILES string of the molecule is CCc1ccc(C(CNC(=O)c2cc(SC)ccc2[N+](=O)[O-])N(C)C)cc1. The highest BCUT2D eigenvalue weighted by Crippen LogP contribution is 2.25. The molecule has 0 saturated carbocycles. The summed E-state index contributed by atoms with van der Waals surface area (Å²) in [6, 6.07) is 12.9. The molecule has 0 spiro atoms. The summed E-state index contributed by atoms with van der Waals surface area (Å²) in [5, 5.41) is 14.1. The van der Waals surface area contributed by atoms with Crippen molar-refractivity contribution < 1.29 is 9.72 Å². The number of rotatable bonds is 8. The fraction of sp³-hybridized carbons (Fsp3) is 0.350. The molecule has 2 aromatic rings. The predicted octanol–water partition coefficient (Wildman–Crippen LogP) is 3.91. The average molecular weight is 388 g/mol. The first-order chi connectivity index (χ1) is 12.9. The first-order valence-corrected chi connectivity index (χ1v) is 9.95. The molecule has 2 aromatic carbocycles. The van der Waals surface area contributed by atoms with Crippen LogP contribution in [0.4, 0.5) is 5.69 Å². The molecule has 0 fully saturated rings. The Kier molecular flexibility index (Phi) is 7.38. The van der Waals surface area contributed by atoms with Crippen molar-refractivity contribution in [1.82, 2.24) is 10.2 Å². The van der Waals surface area contributed by atoms with Crippen molar-refractivity contribution in [3.05, 3.63) is 69.3 Å². The number of nitro groups is 1. The third kappa shape index (κ3) is 5.30. The maximum absolute atomic E-state index is 12.7. The number of hydrogen-bond donors (Lipinski definition) is 1. The highest BCUT2D eigenvalue weighted by molar-refractivity contribution is 7.98. The van der Waals surface area contributed by atoms with E-state index in [1.807, 2.05) is 25.3 Å². The third-order valence-corrected chi connectivity index (χ3v) is 5.22. The Balaban J connectivity index is 2.19. The smallest absolute Gasteiger partial charge is 0.282 e. The van der Waals surface area contributed by atoms with Crippen molar-refractivity contribution in [2.75, 3.05) is 26.9 Å². The van der Waals surface area contributed by atoms with E-state index in [0.717, 1.165) is 16.9 Å². The zero-order valence-corrected chi connectivity index (χ0v) is 16.9. The van der Waals surface area contributed by atoms with Gasteiger partial charge in [-0.3, -0.25) is 14.9 Å². The first kappa shape index (κ1) is 20.9. The summed E-state index contributed by atoms with van der Waals surface area (Å²) < 4.78 is 0. The number of nitrogens with one attached hydrogen (secondary N) is 1. The molecule has 7 heteroatoms. The summed E-state index contributed by atoms with van der Waals surface area (Å²) in [5.41, 5.74) is 2.25. The Morgan fingerprint density at radius 2 is 1.89 bits per heavy atom. The average Bonchev–Trinajstić information content (AvgIpc) is 2.67. The Bertz CT molecular complexity index is 807. The Morgan fingerprint density at radius 1 is 1.22 bits per heavy atom. The van der Waals surface area contributed by atoms with Gasteiger partial charge in [-0.25, -0.2) is 0 Å². The summed E-state index contributed by atoms with van der Waals surface area (Å²) in [7, 11) is 3.89. The van der Waals surface area contributed by atoms with Crippen LogP contribution < -0.4 is 5.32 Å². The molecule has 0 aliphatic rings. The van der Waals surface area contributed by atoms with E-state index in [9.17, 15) is 14.9 Å². The van der Waals surface area contributed by atoms with Gasteiger partial charge in [-0.05, 0) is 50.0 Å². The van der Waals surface area contributed by atoms with E-state index >= 15 is 0 Å².